The molecule has 0 aliphatic carbocycles. The molecule has 0 amide bonds. The first kappa shape index (κ1) is 16.6. The first-order chi connectivity index (χ1) is 8.11. The van der Waals surface area contributed by atoms with Gasteiger partial charge in [-0.1, -0.05) is 27.2 Å². The first-order valence-electron chi connectivity index (χ1n) is 6.87. The van der Waals surface area contributed by atoms with Gasteiger partial charge in [-0.3, -0.25) is 4.79 Å². The fraction of sp³-hybridized carbons (Fsp3) is 0.929. The molecule has 0 rings (SSSR count). The number of rotatable bonds is 11. The summed E-state index contributed by atoms with van der Waals surface area (Å²) in [6, 6.07) is 0. The van der Waals surface area contributed by atoms with Crippen molar-refractivity contribution in [1.29, 1.82) is 0 Å². The zero-order valence-corrected chi connectivity index (χ0v) is 11.6. The van der Waals surface area contributed by atoms with E-state index < -0.39 is 0 Å². The zero-order chi connectivity index (χ0) is 13.1. The Balaban J connectivity index is 3.95. The van der Waals surface area contributed by atoms with Gasteiger partial charge < -0.3 is 9.84 Å². The lowest BCUT2D eigenvalue weighted by Crippen LogP contribution is -2.21. The van der Waals surface area contributed by atoms with Crippen molar-refractivity contribution in [2.45, 2.75) is 65.4 Å². The Morgan fingerprint density at radius 1 is 1.24 bits per heavy atom. The van der Waals surface area contributed by atoms with Crippen LogP contribution in [0, 0.1) is 5.92 Å². The number of hydrogen-bond acceptors (Lipinski definition) is 3. The smallest absolute Gasteiger partial charge is 0.138 e. The van der Waals surface area contributed by atoms with Crippen LogP contribution in [0.5, 0.6) is 0 Å². The summed E-state index contributed by atoms with van der Waals surface area (Å²) in [5.74, 6) is 0.362. The monoisotopic (exact) mass is 244 g/mol. The van der Waals surface area contributed by atoms with Crippen molar-refractivity contribution in [3.05, 3.63) is 0 Å². The highest BCUT2D eigenvalue weighted by Crippen LogP contribution is 2.13. The van der Waals surface area contributed by atoms with Gasteiger partial charge in [-0.2, -0.15) is 0 Å². The highest BCUT2D eigenvalue weighted by Gasteiger charge is 2.16. The Labute approximate surface area is 106 Å². The van der Waals surface area contributed by atoms with Crippen molar-refractivity contribution >= 4 is 5.78 Å². The first-order valence-corrected chi connectivity index (χ1v) is 6.87. The maximum atomic E-state index is 11.7. The van der Waals surface area contributed by atoms with Gasteiger partial charge in [0.2, 0.25) is 0 Å². The molecule has 0 aromatic carbocycles. The minimum absolute atomic E-state index is 0.0444. The molecule has 0 aliphatic heterocycles. The SMILES string of the molecule is CCCCOC(CCCCO)CC(=O)C(C)C. The maximum absolute atomic E-state index is 11.7. The van der Waals surface area contributed by atoms with E-state index in [4.69, 9.17) is 9.84 Å². The highest BCUT2D eigenvalue weighted by molar-refractivity contribution is 5.80. The molecule has 0 spiro atoms. The fourth-order valence-corrected chi connectivity index (χ4v) is 1.58. The topological polar surface area (TPSA) is 46.5 Å². The molecular weight excluding hydrogens is 216 g/mol. The number of aliphatic hydroxyl groups is 1. The van der Waals surface area contributed by atoms with Gasteiger partial charge >= 0.3 is 0 Å². The molecule has 0 aliphatic rings. The van der Waals surface area contributed by atoms with E-state index >= 15 is 0 Å². The van der Waals surface area contributed by atoms with Crippen molar-refractivity contribution in [1.82, 2.24) is 0 Å². The normalized spacial score (nSPS) is 13.0. The molecule has 3 heteroatoms. The summed E-state index contributed by atoms with van der Waals surface area (Å²) in [6.07, 6.45) is 5.33. The van der Waals surface area contributed by atoms with Crippen molar-refractivity contribution < 1.29 is 14.6 Å². The average Bonchev–Trinajstić information content (AvgIpc) is 2.29. The molecule has 0 bridgehead atoms. The van der Waals surface area contributed by atoms with Crippen LogP contribution in [0.2, 0.25) is 0 Å². The number of Topliss-reactive ketones (excluding diaryl/α,β-unsaturated/α-hetero) is 1. The van der Waals surface area contributed by atoms with Crippen LogP contribution in [0.25, 0.3) is 0 Å². The van der Waals surface area contributed by atoms with Crippen LogP contribution in [0.15, 0.2) is 0 Å². The fourth-order valence-electron chi connectivity index (χ4n) is 1.58. The van der Waals surface area contributed by atoms with Gasteiger partial charge in [-0.15, -0.1) is 0 Å². The molecule has 0 saturated heterocycles. The van der Waals surface area contributed by atoms with E-state index in [1.807, 2.05) is 13.8 Å². The molecule has 1 N–H and O–H groups in total. The summed E-state index contributed by atoms with van der Waals surface area (Å²) in [5, 5.41) is 8.76. The standard InChI is InChI=1S/C14H28O3/c1-4-5-10-17-13(8-6-7-9-15)11-14(16)12(2)3/h12-13,15H,4-11H2,1-3H3. The van der Waals surface area contributed by atoms with Crippen molar-refractivity contribution in [3.63, 3.8) is 0 Å². The van der Waals surface area contributed by atoms with Crippen LogP contribution in [0.4, 0.5) is 0 Å². The largest absolute Gasteiger partial charge is 0.396 e. The molecule has 3 nitrogen and oxygen atoms in total. The van der Waals surface area contributed by atoms with Crippen LogP contribution in [-0.4, -0.2) is 30.2 Å². The molecule has 1 unspecified atom stereocenters. The van der Waals surface area contributed by atoms with Crippen molar-refractivity contribution in [3.8, 4) is 0 Å². The van der Waals surface area contributed by atoms with Crippen molar-refractivity contribution in [2.75, 3.05) is 13.2 Å². The van der Waals surface area contributed by atoms with Gasteiger partial charge in [-0.25, -0.2) is 0 Å². The van der Waals surface area contributed by atoms with Gasteiger partial charge in [0.15, 0.2) is 0 Å². The quantitative estimate of drug-likeness (QED) is 0.568. The molecule has 0 heterocycles. The summed E-state index contributed by atoms with van der Waals surface area (Å²) in [7, 11) is 0. The molecule has 0 aromatic heterocycles. The molecule has 0 aromatic rings. The summed E-state index contributed by atoms with van der Waals surface area (Å²) >= 11 is 0. The lowest BCUT2D eigenvalue weighted by molar-refractivity contribution is -0.125. The number of ketones is 1. The van der Waals surface area contributed by atoms with Crippen LogP contribution in [0.1, 0.15) is 59.3 Å². The van der Waals surface area contributed by atoms with E-state index in [1.54, 1.807) is 0 Å². The van der Waals surface area contributed by atoms with Crippen LogP contribution in [0.3, 0.4) is 0 Å². The van der Waals surface area contributed by atoms with Crippen LogP contribution < -0.4 is 0 Å². The predicted molar refractivity (Wildman–Crippen MR) is 70.0 cm³/mol. The summed E-state index contributed by atoms with van der Waals surface area (Å²) in [4.78, 5) is 11.7. The summed E-state index contributed by atoms with van der Waals surface area (Å²) in [5.41, 5.74) is 0. The van der Waals surface area contributed by atoms with Gasteiger partial charge in [0.25, 0.3) is 0 Å². The third-order valence-electron chi connectivity index (χ3n) is 2.86. The Morgan fingerprint density at radius 2 is 1.94 bits per heavy atom. The summed E-state index contributed by atoms with van der Waals surface area (Å²) < 4.78 is 5.75. The number of aliphatic hydroxyl groups excluding tert-OH is 1. The van der Waals surface area contributed by atoms with Crippen LogP contribution in [-0.2, 0) is 9.53 Å². The van der Waals surface area contributed by atoms with Gasteiger partial charge in [0, 0.05) is 25.6 Å². The Morgan fingerprint density at radius 3 is 2.47 bits per heavy atom. The molecule has 17 heavy (non-hydrogen) atoms. The number of carbonyl (C=O) groups is 1. The lowest BCUT2D eigenvalue weighted by Gasteiger charge is -2.18. The van der Waals surface area contributed by atoms with E-state index in [0.717, 1.165) is 38.7 Å². The molecule has 0 fully saturated rings. The maximum Gasteiger partial charge on any atom is 0.138 e. The molecule has 102 valence electrons. The molecular formula is C14H28O3. The second-order valence-electron chi connectivity index (χ2n) is 4.89. The Hall–Kier alpha value is -0.410. The predicted octanol–water partition coefficient (Wildman–Crippen LogP) is 2.95. The molecule has 1 atom stereocenters. The minimum Gasteiger partial charge on any atom is -0.396 e. The highest BCUT2D eigenvalue weighted by atomic mass is 16.5. The zero-order valence-electron chi connectivity index (χ0n) is 11.6. The van der Waals surface area contributed by atoms with E-state index in [1.165, 1.54) is 0 Å². The number of carbonyl (C=O) groups excluding carboxylic acids is 1. The van der Waals surface area contributed by atoms with E-state index in [-0.39, 0.29) is 24.4 Å². The van der Waals surface area contributed by atoms with E-state index in [0.29, 0.717) is 6.42 Å². The molecule has 0 saturated carbocycles. The van der Waals surface area contributed by atoms with Gasteiger partial charge in [-0.05, 0) is 25.7 Å². The number of hydrogen-bond donors (Lipinski definition) is 1. The van der Waals surface area contributed by atoms with E-state index in [2.05, 4.69) is 6.92 Å². The Bertz CT molecular complexity index is 180. The average molecular weight is 244 g/mol. The summed E-state index contributed by atoms with van der Waals surface area (Å²) in [6.45, 7) is 6.95. The van der Waals surface area contributed by atoms with Gasteiger partial charge in [0.1, 0.15) is 5.78 Å². The molecule has 0 radical (unpaired) electrons. The third kappa shape index (κ3) is 9.31. The second kappa shape index (κ2) is 10.7. The Kier molecular flexibility index (Phi) is 10.5. The second-order valence-corrected chi connectivity index (χ2v) is 4.89. The minimum atomic E-state index is 0.0444. The van der Waals surface area contributed by atoms with E-state index in [9.17, 15) is 4.79 Å². The third-order valence-corrected chi connectivity index (χ3v) is 2.86. The number of ether oxygens (including phenoxy) is 1. The van der Waals surface area contributed by atoms with Crippen molar-refractivity contribution in [2.24, 2.45) is 5.92 Å². The van der Waals surface area contributed by atoms with Crippen LogP contribution >= 0.6 is 0 Å². The lowest BCUT2D eigenvalue weighted by atomic mass is 10.00. The van der Waals surface area contributed by atoms with Gasteiger partial charge in [0.05, 0.1) is 6.10 Å². The number of unbranched alkanes of at least 4 members (excludes halogenated alkanes) is 2.